The second kappa shape index (κ2) is 10.1. The molecule has 0 bridgehead atoms. The lowest BCUT2D eigenvalue weighted by Gasteiger charge is -2.28. The molecule has 6 nitrogen and oxygen atoms in total. The topological polar surface area (TPSA) is 77.0 Å². The van der Waals surface area contributed by atoms with E-state index in [1.807, 2.05) is 35.0 Å². The number of aromatic nitrogens is 2. The number of halogens is 2. The van der Waals surface area contributed by atoms with Crippen molar-refractivity contribution in [1.82, 2.24) is 9.55 Å². The van der Waals surface area contributed by atoms with Crippen LogP contribution in [0.25, 0.3) is 0 Å². The fourth-order valence-electron chi connectivity index (χ4n) is 2.82. The Morgan fingerprint density at radius 2 is 2.12 bits per heavy atom. The predicted octanol–water partition coefficient (Wildman–Crippen LogP) is 2.52. The average molecular weight is 391 g/mol. The van der Waals surface area contributed by atoms with Gasteiger partial charge in [0.05, 0.1) is 26.1 Å². The van der Waals surface area contributed by atoms with E-state index in [1.54, 1.807) is 19.6 Å². The number of imidazole rings is 1. The van der Waals surface area contributed by atoms with Crippen LogP contribution in [-0.2, 0) is 27.2 Å². The highest BCUT2D eigenvalue weighted by Crippen LogP contribution is 2.31. The molecule has 2 atom stereocenters. The minimum absolute atomic E-state index is 0. The van der Waals surface area contributed by atoms with Gasteiger partial charge in [-0.2, -0.15) is 0 Å². The molecule has 1 aliphatic heterocycles. The molecule has 2 aromatic rings. The van der Waals surface area contributed by atoms with E-state index in [1.165, 1.54) is 5.56 Å². The minimum Gasteiger partial charge on any atom is -0.412 e. The Morgan fingerprint density at radius 3 is 2.76 bits per heavy atom. The summed E-state index contributed by atoms with van der Waals surface area (Å²) in [5.41, 5.74) is 1.21. The van der Waals surface area contributed by atoms with Gasteiger partial charge < -0.3 is 24.3 Å². The lowest BCUT2D eigenvalue weighted by Crippen LogP contribution is -2.37. The molecule has 2 N–H and O–H groups in total. The molecule has 25 heavy (non-hydrogen) atoms. The fraction of sp³-hybridized carbons (Fsp3) is 0.471. The van der Waals surface area contributed by atoms with Crippen molar-refractivity contribution < 1.29 is 19.7 Å². The molecule has 8 heteroatoms. The highest BCUT2D eigenvalue weighted by molar-refractivity contribution is 6.30. The molecular formula is C17H24Cl2N2O4. The number of hydrogen-bond acceptors (Lipinski definition) is 4. The maximum Gasteiger partial charge on any atom is 0.187 e. The van der Waals surface area contributed by atoms with Crippen LogP contribution in [-0.4, -0.2) is 47.2 Å². The predicted molar refractivity (Wildman–Crippen MR) is 98.3 cm³/mol. The molecule has 0 amide bonds. The number of benzene rings is 1. The minimum atomic E-state index is -0.649. The maximum absolute atomic E-state index is 6.19. The maximum atomic E-state index is 6.19. The molecule has 0 saturated carbocycles. The van der Waals surface area contributed by atoms with Gasteiger partial charge in [0.2, 0.25) is 0 Å². The Labute approximate surface area is 158 Å². The number of ether oxygens (including phenoxy) is 3. The Hall–Kier alpha value is -1.15. The van der Waals surface area contributed by atoms with E-state index >= 15 is 0 Å². The molecule has 2 heterocycles. The van der Waals surface area contributed by atoms with Crippen molar-refractivity contribution in [3.05, 3.63) is 53.6 Å². The van der Waals surface area contributed by atoms with E-state index in [0.29, 0.717) is 19.8 Å². The Kier molecular flexibility index (Phi) is 8.85. The summed E-state index contributed by atoms with van der Waals surface area (Å²) in [6.07, 6.45) is 7.03. The summed E-state index contributed by atoms with van der Waals surface area (Å²) in [7, 11) is 1.67. The van der Waals surface area contributed by atoms with Crippen LogP contribution < -0.4 is 0 Å². The molecule has 140 valence electrons. The molecule has 3 rings (SSSR count). The fourth-order valence-corrected chi connectivity index (χ4v) is 2.95. The lowest BCUT2D eigenvalue weighted by molar-refractivity contribution is -0.185. The van der Waals surface area contributed by atoms with Crippen LogP contribution in [0.4, 0.5) is 0 Å². The van der Waals surface area contributed by atoms with E-state index < -0.39 is 5.79 Å². The smallest absolute Gasteiger partial charge is 0.187 e. The van der Waals surface area contributed by atoms with Gasteiger partial charge in [0.15, 0.2) is 5.79 Å². The number of hydrogen-bond donors (Lipinski definition) is 0. The van der Waals surface area contributed by atoms with Crippen LogP contribution in [0.3, 0.4) is 0 Å². The molecule has 0 radical (unpaired) electrons. The van der Waals surface area contributed by atoms with E-state index in [4.69, 9.17) is 25.8 Å². The second-order valence-electron chi connectivity index (χ2n) is 5.78. The first-order valence-corrected chi connectivity index (χ1v) is 8.08. The van der Waals surface area contributed by atoms with Gasteiger partial charge in [0.1, 0.15) is 6.10 Å². The highest BCUT2D eigenvalue weighted by atomic mass is 35.5. The van der Waals surface area contributed by atoms with E-state index in [2.05, 4.69) is 4.98 Å². The lowest BCUT2D eigenvalue weighted by atomic mass is 10.0. The number of nitrogens with zero attached hydrogens (tertiary/aromatic N) is 2. The summed E-state index contributed by atoms with van der Waals surface area (Å²) < 4.78 is 19.4. The van der Waals surface area contributed by atoms with Crippen LogP contribution in [0.2, 0.25) is 5.02 Å². The summed E-state index contributed by atoms with van der Waals surface area (Å²) in [5, 5.41) is 0.746. The van der Waals surface area contributed by atoms with Gasteiger partial charge in [-0.05, 0) is 24.1 Å². The van der Waals surface area contributed by atoms with Gasteiger partial charge in [-0.25, -0.2) is 4.98 Å². The molecule has 1 aromatic carbocycles. The van der Waals surface area contributed by atoms with Crippen molar-refractivity contribution in [2.24, 2.45) is 0 Å². The summed E-state index contributed by atoms with van der Waals surface area (Å²) in [6.45, 7) is 1.69. The van der Waals surface area contributed by atoms with Gasteiger partial charge in [0.25, 0.3) is 0 Å². The summed E-state index contributed by atoms with van der Waals surface area (Å²) >= 11 is 5.94. The van der Waals surface area contributed by atoms with E-state index in [9.17, 15) is 0 Å². The number of methoxy groups -OCH3 is 1. The quantitative estimate of drug-likeness (QED) is 0.727. The summed E-state index contributed by atoms with van der Waals surface area (Å²) in [5.74, 6) is -0.649. The van der Waals surface area contributed by atoms with Crippen molar-refractivity contribution in [1.29, 1.82) is 0 Å². The first-order chi connectivity index (χ1) is 11.2. The number of aryl methyl sites for hydroxylation is 1. The third-order valence-electron chi connectivity index (χ3n) is 3.96. The van der Waals surface area contributed by atoms with Crippen molar-refractivity contribution in [2.75, 3.05) is 20.3 Å². The van der Waals surface area contributed by atoms with Gasteiger partial charge >= 0.3 is 0 Å². The molecule has 1 saturated heterocycles. The third kappa shape index (κ3) is 5.95. The van der Waals surface area contributed by atoms with Crippen molar-refractivity contribution in [2.45, 2.75) is 31.3 Å². The zero-order chi connectivity index (χ0) is 16.1. The molecular weight excluding hydrogens is 367 g/mol. The largest absolute Gasteiger partial charge is 0.412 e. The first kappa shape index (κ1) is 21.9. The van der Waals surface area contributed by atoms with Crippen LogP contribution in [0, 0.1) is 0 Å². The molecule has 0 spiro atoms. The number of rotatable bonds is 7. The van der Waals surface area contributed by atoms with Crippen LogP contribution in [0.1, 0.15) is 12.0 Å². The molecule has 0 aliphatic carbocycles. The third-order valence-corrected chi connectivity index (χ3v) is 4.21. The molecule has 1 fully saturated rings. The van der Waals surface area contributed by atoms with Gasteiger partial charge in [0, 0.05) is 30.9 Å². The molecule has 1 aliphatic rings. The SMILES string of the molecule is COC[C@@H]1CO[C@@](CCc2ccc(Cl)cc2)(Cn2ccnc2)O1.Cl.O. The van der Waals surface area contributed by atoms with Crippen LogP contribution in [0.5, 0.6) is 0 Å². The van der Waals surface area contributed by atoms with Crippen molar-refractivity contribution in [3.63, 3.8) is 0 Å². The van der Waals surface area contributed by atoms with Gasteiger partial charge in [-0.3, -0.25) is 0 Å². The average Bonchev–Trinajstić information content (AvgIpc) is 3.18. The van der Waals surface area contributed by atoms with Gasteiger partial charge in [-0.1, -0.05) is 23.7 Å². The Bertz CT molecular complexity index is 610. The Morgan fingerprint density at radius 1 is 1.36 bits per heavy atom. The normalized spacial score (nSPS) is 22.2. The molecule has 1 aromatic heterocycles. The zero-order valence-corrected chi connectivity index (χ0v) is 15.6. The monoisotopic (exact) mass is 390 g/mol. The van der Waals surface area contributed by atoms with Gasteiger partial charge in [-0.15, -0.1) is 12.4 Å². The molecule has 0 unspecified atom stereocenters. The van der Waals surface area contributed by atoms with Crippen LogP contribution >= 0.6 is 24.0 Å². The Balaban J connectivity index is 0.00000156. The second-order valence-corrected chi connectivity index (χ2v) is 6.21. The van der Waals surface area contributed by atoms with E-state index in [-0.39, 0.29) is 24.0 Å². The summed E-state index contributed by atoms with van der Waals surface area (Å²) in [4.78, 5) is 4.09. The van der Waals surface area contributed by atoms with Crippen molar-refractivity contribution in [3.8, 4) is 0 Å². The summed E-state index contributed by atoms with van der Waals surface area (Å²) in [6, 6.07) is 7.89. The van der Waals surface area contributed by atoms with E-state index in [0.717, 1.165) is 17.9 Å². The standard InChI is InChI=1S/C17H21ClN2O3.ClH.H2O/c1-21-10-16-11-22-17(23-16,12-20-9-8-19-13-20)7-6-14-2-4-15(18)5-3-14;;/h2-5,8-9,13,16H,6-7,10-12H2,1H3;1H;1H2/t16-,17-;;/m1../s1. The first-order valence-electron chi connectivity index (χ1n) is 7.70. The zero-order valence-electron chi connectivity index (χ0n) is 14.1. The van der Waals surface area contributed by atoms with Crippen LogP contribution in [0.15, 0.2) is 43.0 Å². The highest BCUT2D eigenvalue weighted by Gasteiger charge is 2.41. The van der Waals surface area contributed by atoms with Crippen molar-refractivity contribution >= 4 is 24.0 Å².